The summed E-state index contributed by atoms with van der Waals surface area (Å²) in [5, 5.41) is -0.108. The molecule has 0 N–H and O–H groups in total. The van der Waals surface area contributed by atoms with Gasteiger partial charge in [0, 0.05) is 16.7 Å². The first-order valence-electron chi connectivity index (χ1n) is 7.11. The summed E-state index contributed by atoms with van der Waals surface area (Å²) in [4.78, 5) is 4.26. The molecule has 1 saturated heterocycles. The molecule has 24 heavy (non-hydrogen) atoms. The highest BCUT2D eigenvalue weighted by molar-refractivity contribution is 8.01. The van der Waals surface area contributed by atoms with Crippen molar-refractivity contribution in [1.29, 1.82) is 0 Å². The van der Waals surface area contributed by atoms with Gasteiger partial charge in [0.05, 0.1) is 34.7 Å². The number of alkyl halides is 3. The topological polar surface area (TPSA) is 56.3 Å². The summed E-state index contributed by atoms with van der Waals surface area (Å²) in [6.07, 6.45) is -4.10. The van der Waals surface area contributed by atoms with Gasteiger partial charge in [0.25, 0.3) is 0 Å². The Hall–Kier alpha value is -1.48. The Morgan fingerprint density at radius 1 is 1.29 bits per heavy atom. The number of halogens is 3. The Kier molecular flexibility index (Phi) is 4.41. The predicted molar refractivity (Wildman–Crippen MR) is 86.2 cm³/mol. The molecule has 1 aromatic carbocycles. The first kappa shape index (κ1) is 17.3. The number of ether oxygens (including phenoxy) is 1. The third-order valence-corrected chi connectivity index (χ3v) is 6.94. The van der Waals surface area contributed by atoms with E-state index in [4.69, 9.17) is 4.74 Å². The third-order valence-electron chi connectivity index (χ3n) is 3.78. The quantitative estimate of drug-likeness (QED) is 0.819. The molecular formula is C15H14F3NO3S2. The van der Waals surface area contributed by atoms with E-state index in [1.54, 1.807) is 0 Å². The minimum Gasteiger partial charge on any atom is -0.497 e. The van der Waals surface area contributed by atoms with E-state index in [1.165, 1.54) is 25.3 Å². The second-order valence-electron chi connectivity index (χ2n) is 5.53. The number of pyridine rings is 1. The fraction of sp³-hybridized carbons (Fsp3) is 0.400. The van der Waals surface area contributed by atoms with Crippen LogP contribution in [-0.4, -0.2) is 37.3 Å². The Labute approximate surface area is 141 Å². The summed E-state index contributed by atoms with van der Waals surface area (Å²) < 4.78 is 68.1. The van der Waals surface area contributed by atoms with E-state index in [2.05, 4.69) is 4.98 Å². The van der Waals surface area contributed by atoms with Gasteiger partial charge in [-0.05, 0) is 24.6 Å². The fourth-order valence-corrected chi connectivity index (χ4v) is 6.13. The molecule has 1 aliphatic rings. The van der Waals surface area contributed by atoms with Crippen LogP contribution in [-0.2, 0) is 16.0 Å². The van der Waals surface area contributed by atoms with Gasteiger partial charge < -0.3 is 4.74 Å². The number of methoxy groups -OCH3 is 1. The number of nitrogens with zero attached hydrogens (tertiary/aromatic N) is 1. The SMILES string of the molecule is COc1ccc2c(C(F)(F)F)cc(S[C@H]3CCS(=O)(=O)C3)nc2c1. The van der Waals surface area contributed by atoms with Crippen LogP contribution in [0.15, 0.2) is 29.3 Å². The van der Waals surface area contributed by atoms with Crippen molar-refractivity contribution in [3.05, 3.63) is 29.8 Å². The molecule has 1 atom stereocenters. The molecular weight excluding hydrogens is 363 g/mol. The molecule has 1 aromatic heterocycles. The van der Waals surface area contributed by atoms with Crippen molar-refractivity contribution in [3.8, 4) is 5.75 Å². The lowest BCUT2D eigenvalue weighted by Crippen LogP contribution is -2.09. The lowest BCUT2D eigenvalue weighted by molar-refractivity contribution is -0.136. The van der Waals surface area contributed by atoms with Crippen molar-refractivity contribution < 1.29 is 26.3 Å². The lowest BCUT2D eigenvalue weighted by atomic mass is 10.1. The van der Waals surface area contributed by atoms with E-state index in [0.717, 1.165) is 17.8 Å². The van der Waals surface area contributed by atoms with E-state index < -0.39 is 21.6 Å². The largest absolute Gasteiger partial charge is 0.497 e. The van der Waals surface area contributed by atoms with E-state index in [1.807, 2.05) is 0 Å². The van der Waals surface area contributed by atoms with E-state index >= 15 is 0 Å². The summed E-state index contributed by atoms with van der Waals surface area (Å²) in [6.45, 7) is 0. The van der Waals surface area contributed by atoms with Crippen LogP contribution in [0.2, 0.25) is 0 Å². The summed E-state index contributed by atoms with van der Waals surface area (Å²) in [5.41, 5.74) is -0.606. The standard InChI is InChI=1S/C15H14F3NO3S2/c1-22-9-2-3-11-12(15(16,17)18)7-14(19-13(11)6-9)23-10-4-5-24(20,21)8-10/h2-3,6-7,10H,4-5,8H2,1H3/t10-/m0/s1. The van der Waals surface area contributed by atoms with Crippen LogP contribution in [0, 0.1) is 0 Å². The maximum Gasteiger partial charge on any atom is 0.417 e. The molecule has 3 rings (SSSR count). The Morgan fingerprint density at radius 3 is 2.62 bits per heavy atom. The summed E-state index contributed by atoms with van der Waals surface area (Å²) >= 11 is 1.08. The number of sulfone groups is 1. The molecule has 2 heterocycles. The number of hydrogen-bond donors (Lipinski definition) is 0. The van der Waals surface area contributed by atoms with Crippen LogP contribution in [0.4, 0.5) is 13.2 Å². The average Bonchev–Trinajstić information content (AvgIpc) is 2.83. The monoisotopic (exact) mass is 377 g/mol. The van der Waals surface area contributed by atoms with Crippen LogP contribution in [0.25, 0.3) is 10.9 Å². The third kappa shape index (κ3) is 3.61. The first-order chi connectivity index (χ1) is 11.2. The zero-order valence-electron chi connectivity index (χ0n) is 12.6. The molecule has 130 valence electrons. The van der Waals surface area contributed by atoms with E-state index in [0.29, 0.717) is 12.2 Å². The predicted octanol–water partition coefficient (Wildman–Crippen LogP) is 3.54. The zero-order chi connectivity index (χ0) is 17.5. The molecule has 1 fully saturated rings. The number of thioether (sulfide) groups is 1. The van der Waals surface area contributed by atoms with E-state index in [-0.39, 0.29) is 32.7 Å². The van der Waals surface area contributed by atoms with Crippen molar-refractivity contribution in [3.63, 3.8) is 0 Å². The van der Waals surface area contributed by atoms with Gasteiger partial charge in [-0.25, -0.2) is 13.4 Å². The number of fused-ring (bicyclic) bond motifs is 1. The van der Waals surface area contributed by atoms with Crippen molar-refractivity contribution in [1.82, 2.24) is 4.98 Å². The van der Waals surface area contributed by atoms with Gasteiger partial charge in [-0.2, -0.15) is 13.2 Å². The molecule has 2 aromatic rings. The van der Waals surface area contributed by atoms with Crippen LogP contribution >= 0.6 is 11.8 Å². The maximum atomic E-state index is 13.4. The minimum absolute atomic E-state index is 0.00769. The van der Waals surface area contributed by atoms with Gasteiger partial charge >= 0.3 is 6.18 Å². The first-order valence-corrected chi connectivity index (χ1v) is 9.81. The van der Waals surface area contributed by atoms with Gasteiger partial charge in [-0.15, -0.1) is 11.8 Å². The van der Waals surface area contributed by atoms with Crippen molar-refractivity contribution in [2.75, 3.05) is 18.6 Å². The molecule has 0 amide bonds. The van der Waals surface area contributed by atoms with Crippen LogP contribution < -0.4 is 4.74 Å². The molecule has 1 aliphatic heterocycles. The maximum absolute atomic E-state index is 13.4. The Bertz CT molecular complexity index is 881. The molecule has 0 aliphatic carbocycles. The number of benzene rings is 1. The molecule has 0 unspecified atom stereocenters. The second kappa shape index (κ2) is 6.11. The number of rotatable bonds is 3. The summed E-state index contributed by atoms with van der Waals surface area (Å²) in [5.74, 6) is 0.448. The van der Waals surface area contributed by atoms with Crippen molar-refractivity contribution in [2.24, 2.45) is 0 Å². The van der Waals surface area contributed by atoms with Gasteiger partial charge in [0.1, 0.15) is 5.75 Å². The summed E-state index contributed by atoms with van der Waals surface area (Å²) in [7, 11) is -1.67. The number of hydrogen-bond acceptors (Lipinski definition) is 5. The smallest absolute Gasteiger partial charge is 0.417 e. The van der Waals surface area contributed by atoms with Crippen molar-refractivity contribution >= 4 is 32.5 Å². The molecule has 0 radical (unpaired) electrons. The second-order valence-corrected chi connectivity index (χ2v) is 9.08. The minimum atomic E-state index is -4.52. The molecule has 4 nitrogen and oxygen atoms in total. The van der Waals surface area contributed by atoms with Crippen molar-refractivity contribution in [2.45, 2.75) is 22.9 Å². The van der Waals surface area contributed by atoms with E-state index in [9.17, 15) is 21.6 Å². The van der Waals surface area contributed by atoms with Crippen LogP contribution in [0.1, 0.15) is 12.0 Å². The molecule has 0 saturated carbocycles. The van der Waals surface area contributed by atoms with Gasteiger partial charge in [0.15, 0.2) is 9.84 Å². The zero-order valence-corrected chi connectivity index (χ0v) is 14.3. The Morgan fingerprint density at radius 2 is 2.04 bits per heavy atom. The van der Waals surface area contributed by atoms with Crippen LogP contribution in [0.3, 0.4) is 0 Å². The highest BCUT2D eigenvalue weighted by atomic mass is 32.2. The average molecular weight is 377 g/mol. The highest BCUT2D eigenvalue weighted by Gasteiger charge is 2.35. The highest BCUT2D eigenvalue weighted by Crippen LogP contribution is 2.39. The van der Waals surface area contributed by atoms with Gasteiger partial charge in [0.2, 0.25) is 0 Å². The molecule has 0 spiro atoms. The normalized spacial score (nSPS) is 20.4. The summed E-state index contributed by atoms with van der Waals surface area (Å²) in [6, 6.07) is 5.22. The van der Waals surface area contributed by atoms with Gasteiger partial charge in [-0.3, -0.25) is 0 Å². The molecule has 0 bridgehead atoms. The Balaban J connectivity index is 2.05. The lowest BCUT2D eigenvalue weighted by Gasteiger charge is -2.14. The molecule has 9 heteroatoms. The fourth-order valence-electron chi connectivity index (χ4n) is 2.63. The number of aromatic nitrogens is 1. The van der Waals surface area contributed by atoms with Gasteiger partial charge in [-0.1, -0.05) is 0 Å². The van der Waals surface area contributed by atoms with Crippen LogP contribution in [0.5, 0.6) is 5.75 Å².